The van der Waals surface area contributed by atoms with E-state index in [4.69, 9.17) is 0 Å². The molecule has 1 aliphatic heterocycles. The molecule has 1 unspecified atom stereocenters. The fourth-order valence-corrected chi connectivity index (χ4v) is 1.90. The zero-order chi connectivity index (χ0) is 13.9. The number of hydrogen-bond donors (Lipinski definition) is 2. The van der Waals surface area contributed by atoms with Crippen molar-refractivity contribution >= 4 is 11.7 Å². The molecule has 1 amide bonds. The maximum absolute atomic E-state index is 12.4. The van der Waals surface area contributed by atoms with Crippen molar-refractivity contribution < 1.29 is 18.0 Å². The highest BCUT2D eigenvalue weighted by Gasteiger charge is 2.30. The molecule has 0 spiro atoms. The standard InChI is InChI=1S/C12H14F3N3O/c13-12(14,15)8-4-5-10(17-7-8)18-9-3-1-2-6-16-11(9)19/h4-5,7,9H,1-3,6H2,(H,16,19)(H,17,18). The van der Waals surface area contributed by atoms with Crippen LogP contribution in [-0.2, 0) is 11.0 Å². The summed E-state index contributed by atoms with van der Waals surface area (Å²) in [6.07, 6.45) is -1.20. The minimum Gasteiger partial charge on any atom is -0.358 e. The molecule has 19 heavy (non-hydrogen) atoms. The fourth-order valence-electron chi connectivity index (χ4n) is 1.90. The molecule has 7 heteroatoms. The Balaban J connectivity index is 2.04. The molecule has 2 N–H and O–H groups in total. The van der Waals surface area contributed by atoms with Crippen molar-refractivity contribution in [1.29, 1.82) is 0 Å². The molecule has 1 fully saturated rings. The maximum Gasteiger partial charge on any atom is 0.417 e. The number of carbonyl (C=O) groups excluding carboxylic acids is 1. The molecule has 4 nitrogen and oxygen atoms in total. The van der Waals surface area contributed by atoms with Crippen LogP contribution in [0.1, 0.15) is 24.8 Å². The van der Waals surface area contributed by atoms with E-state index in [0.29, 0.717) is 13.0 Å². The van der Waals surface area contributed by atoms with E-state index >= 15 is 0 Å². The number of anilines is 1. The second-order valence-corrected chi connectivity index (χ2v) is 4.41. The Kier molecular flexibility index (Phi) is 3.92. The monoisotopic (exact) mass is 273 g/mol. The number of amides is 1. The lowest BCUT2D eigenvalue weighted by Gasteiger charge is -2.16. The van der Waals surface area contributed by atoms with Gasteiger partial charge in [0.15, 0.2) is 0 Å². The maximum atomic E-state index is 12.4. The van der Waals surface area contributed by atoms with Crippen molar-refractivity contribution in [2.24, 2.45) is 0 Å². The Morgan fingerprint density at radius 2 is 2.11 bits per heavy atom. The summed E-state index contributed by atoms with van der Waals surface area (Å²) in [5.41, 5.74) is -0.802. The average molecular weight is 273 g/mol. The molecule has 1 aromatic heterocycles. The van der Waals surface area contributed by atoms with Gasteiger partial charge in [-0.1, -0.05) is 0 Å². The summed E-state index contributed by atoms with van der Waals surface area (Å²) >= 11 is 0. The first-order chi connectivity index (χ1) is 8.97. The molecule has 0 radical (unpaired) electrons. The van der Waals surface area contributed by atoms with Gasteiger partial charge in [0.25, 0.3) is 0 Å². The lowest BCUT2D eigenvalue weighted by molar-refractivity contribution is -0.137. The van der Waals surface area contributed by atoms with Crippen LogP contribution in [0.2, 0.25) is 0 Å². The third kappa shape index (κ3) is 3.59. The summed E-state index contributed by atoms with van der Waals surface area (Å²) < 4.78 is 37.1. The predicted molar refractivity (Wildman–Crippen MR) is 63.5 cm³/mol. The molecular weight excluding hydrogens is 259 g/mol. The SMILES string of the molecule is O=C1NCCCCC1Nc1ccc(C(F)(F)F)cn1. The van der Waals surface area contributed by atoms with Crippen LogP contribution in [0, 0.1) is 0 Å². The van der Waals surface area contributed by atoms with Crippen molar-refractivity contribution in [2.45, 2.75) is 31.5 Å². The first-order valence-electron chi connectivity index (χ1n) is 6.04. The van der Waals surface area contributed by atoms with Gasteiger partial charge in [0.2, 0.25) is 5.91 Å². The van der Waals surface area contributed by atoms with E-state index in [9.17, 15) is 18.0 Å². The highest BCUT2D eigenvalue weighted by atomic mass is 19.4. The van der Waals surface area contributed by atoms with E-state index in [2.05, 4.69) is 15.6 Å². The number of nitrogens with one attached hydrogen (secondary N) is 2. The molecule has 1 aromatic rings. The zero-order valence-electron chi connectivity index (χ0n) is 10.1. The van der Waals surface area contributed by atoms with Gasteiger partial charge >= 0.3 is 6.18 Å². The second-order valence-electron chi connectivity index (χ2n) is 4.41. The molecule has 104 valence electrons. The minimum atomic E-state index is -4.40. The summed E-state index contributed by atoms with van der Waals surface area (Å²) in [5, 5.41) is 5.60. The summed E-state index contributed by atoms with van der Waals surface area (Å²) in [6.45, 7) is 0.636. The number of carbonyl (C=O) groups is 1. The van der Waals surface area contributed by atoms with Gasteiger partial charge in [-0.3, -0.25) is 4.79 Å². The van der Waals surface area contributed by atoms with Crippen LogP contribution in [0.4, 0.5) is 19.0 Å². The number of rotatable bonds is 2. The van der Waals surface area contributed by atoms with Crippen LogP contribution in [0.5, 0.6) is 0 Å². The Labute approximate surface area is 108 Å². The van der Waals surface area contributed by atoms with Crippen LogP contribution < -0.4 is 10.6 Å². The Morgan fingerprint density at radius 1 is 1.32 bits per heavy atom. The summed E-state index contributed by atoms with van der Waals surface area (Å²) in [4.78, 5) is 15.4. The smallest absolute Gasteiger partial charge is 0.358 e. The van der Waals surface area contributed by atoms with Gasteiger partial charge in [-0.2, -0.15) is 13.2 Å². The second kappa shape index (κ2) is 5.46. The van der Waals surface area contributed by atoms with Gasteiger partial charge in [-0.25, -0.2) is 4.98 Å². The molecule has 0 aliphatic carbocycles. The van der Waals surface area contributed by atoms with E-state index in [1.807, 2.05) is 0 Å². The van der Waals surface area contributed by atoms with Gasteiger partial charge in [0.1, 0.15) is 11.9 Å². The van der Waals surface area contributed by atoms with Gasteiger partial charge in [0.05, 0.1) is 5.56 Å². The highest BCUT2D eigenvalue weighted by molar-refractivity contribution is 5.84. The van der Waals surface area contributed by atoms with Crippen LogP contribution in [0.15, 0.2) is 18.3 Å². The van der Waals surface area contributed by atoms with Crippen molar-refractivity contribution in [3.8, 4) is 0 Å². The molecule has 0 saturated carbocycles. The van der Waals surface area contributed by atoms with Crippen LogP contribution >= 0.6 is 0 Å². The van der Waals surface area contributed by atoms with Gasteiger partial charge in [0, 0.05) is 12.7 Å². The van der Waals surface area contributed by atoms with Crippen molar-refractivity contribution in [2.75, 3.05) is 11.9 Å². The number of nitrogens with zero attached hydrogens (tertiary/aromatic N) is 1. The van der Waals surface area contributed by atoms with Gasteiger partial charge in [-0.05, 0) is 31.4 Å². The number of alkyl halides is 3. The lowest BCUT2D eigenvalue weighted by atomic mass is 10.1. The van der Waals surface area contributed by atoms with E-state index in [1.54, 1.807) is 0 Å². The molecule has 0 bridgehead atoms. The average Bonchev–Trinajstić information content (AvgIpc) is 2.55. The van der Waals surface area contributed by atoms with E-state index in [1.165, 1.54) is 6.07 Å². The van der Waals surface area contributed by atoms with Crippen LogP contribution in [0.25, 0.3) is 0 Å². The Hall–Kier alpha value is -1.79. The minimum absolute atomic E-state index is 0.140. The first-order valence-corrected chi connectivity index (χ1v) is 6.04. The van der Waals surface area contributed by atoms with E-state index < -0.39 is 17.8 Å². The molecule has 1 atom stereocenters. The summed E-state index contributed by atoms with van der Waals surface area (Å²) in [7, 11) is 0. The van der Waals surface area contributed by atoms with Gasteiger partial charge in [-0.15, -0.1) is 0 Å². The normalized spacial score (nSPS) is 20.6. The Morgan fingerprint density at radius 3 is 2.74 bits per heavy atom. The highest BCUT2D eigenvalue weighted by Crippen LogP contribution is 2.29. The molecular formula is C12H14F3N3O. The van der Waals surface area contributed by atoms with Crippen molar-refractivity contribution in [3.63, 3.8) is 0 Å². The number of aromatic nitrogens is 1. The number of pyridine rings is 1. The van der Waals surface area contributed by atoms with Crippen LogP contribution in [0.3, 0.4) is 0 Å². The molecule has 2 heterocycles. The van der Waals surface area contributed by atoms with E-state index in [0.717, 1.165) is 25.1 Å². The lowest BCUT2D eigenvalue weighted by Crippen LogP contribution is -2.38. The van der Waals surface area contributed by atoms with Crippen LogP contribution in [-0.4, -0.2) is 23.5 Å². The van der Waals surface area contributed by atoms with Crippen molar-refractivity contribution in [3.05, 3.63) is 23.9 Å². The van der Waals surface area contributed by atoms with Crippen molar-refractivity contribution in [1.82, 2.24) is 10.3 Å². The number of halogens is 3. The van der Waals surface area contributed by atoms with Gasteiger partial charge < -0.3 is 10.6 Å². The quantitative estimate of drug-likeness (QED) is 0.868. The van der Waals surface area contributed by atoms with E-state index in [-0.39, 0.29) is 11.7 Å². The Bertz CT molecular complexity index is 445. The summed E-state index contributed by atoms with van der Waals surface area (Å²) in [6, 6.07) is 1.75. The number of hydrogen-bond acceptors (Lipinski definition) is 3. The third-order valence-electron chi connectivity index (χ3n) is 2.95. The molecule has 2 rings (SSSR count). The topological polar surface area (TPSA) is 54.0 Å². The third-order valence-corrected chi connectivity index (χ3v) is 2.95. The zero-order valence-corrected chi connectivity index (χ0v) is 10.1. The first kappa shape index (κ1) is 13.6. The fraction of sp³-hybridized carbons (Fsp3) is 0.500. The summed E-state index contributed by atoms with van der Waals surface area (Å²) in [5.74, 6) is 0.134. The largest absolute Gasteiger partial charge is 0.417 e. The molecule has 1 saturated heterocycles. The molecule has 1 aliphatic rings. The predicted octanol–water partition coefficient (Wildman–Crippen LogP) is 2.18. The molecule has 0 aromatic carbocycles.